The minimum Gasteiger partial charge on any atom is -0.267 e. The molecule has 0 aliphatic carbocycles. The third kappa shape index (κ3) is 3.63. The number of thiophene rings is 2. The van der Waals surface area contributed by atoms with Gasteiger partial charge in [0.1, 0.15) is 0 Å². The number of benzene rings is 1. The first-order chi connectivity index (χ1) is 11.7. The van der Waals surface area contributed by atoms with E-state index in [0.717, 1.165) is 27.3 Å². The number of rotatable bonds is 5. The molecule has 2 aromatic heterocycles. The van der Waals surface area contributed by atoms with Crippen LogP contribution in [0.25, 0.3) is 11.1 Å². The number of aryl methyl sites for hydroxylation is 2. The number of carbonyl (C=O) groups is 1. The van der Waals surface area contributed by atoms with Crippen molar-refractivity contribution >= 4 is 34.8 Å². The van der Waals surface area contributed by atoms with E-state index < -0.39 is 0 Å². The van der Waals surface area contributed by atoms with Gasteiger partial charge in [0.05, 0.1) is 11.8 Å². The van der Waals surface area contributed by atoms with Crippen molar-refractivity contribution in [2.75, 3.05) is 0 Å². The molecule has 0 aliphatic rings. The Labute approximate surface area is 149 Å². The third-order valence-corrected chi connectivity index (χ3v) is 5.75. The molecule has 0 bridgehead atoms. The SMILES string of the molecule is CCc1ccc(/C=N/NC(=O)c2csc(C)c2-c2ccccc2)s1. The van der Waals surface area contributed by atoms with Crippen LogP contribution in [-0.2, 0) is 6.42 Å². The van der Waals surface area contributed by atoms with Crippen LogP contribution >= 0.6 is 22.7 Å². The van der Waals surface area contributed by atoms with Crippen molar-refractivity contribution < 1.29 is 4.79 Å². The van der Waals surface area contributed by atoms with Crippen LogP contribution in [0.5, 0.6) is 0 Å². The summed E-state index contributed by atoms with van der Waals surface area (Å²) in [4.78, 5) is 16.0. The fourth-order valence-corrected chi connectivity index (χ4v) is 4.14. The molecule has 0 radical (unpaired) electrons. The van der Waals surface area contributed by atoms with Crippen molar-refractivity contribution in [3.05, 3.63) is 68.0 Å². The van der Waals surface area contributed by atoms with Crippen LogP contribution in [0, 0.1) is 6.92 Å². The molecule has 1 amide bonds. The van der Waals surface area contributed by atoms with Crippen molar-refractivity contribution in [1.29, 1.82) is 0 Å². The van der Waals surface area contributed by atoms with Gasteiger partial charge >= 0.3 is 0 Å². The number of amides is 1. The zero-order chi connectivity index (χ0) is 16.9. The van der Waals surface area contributed by atoms with E-state index in [1.54, 1.807) is 28.9 Å². The predicted molar refractivity (Wildman–Crippen MR) is 103 cm³/mol. The molecule has 0 saturated heterocycles. The van der Waals surface area contributed by atoms with Gasteiger partial charge in [0, 0.05) is 25.6 Å². The smallest absolute Gasteiger partial charge is 0.267 e. The number of nitrogens with zero attached hydrogens (tertiary/aromatic N) is 1. The van der Waals surface area contributed by atoms with E-state index in [4.69, 9.17) is 0 Å². The van der Waals surface area contributed by atoms with Crippen LogP contribution in [0.2, 0.25) is 0 Å². The van der Waals surface area contributed by atoms with Crippen molar-refractivity contribution in [3.8, 4) is 11.1 Å². The highest BCUT2D eigenvalue weighted by molar-refractivity contribution is 7.13. The van der Waals surface area contributed by atoms with E-state index in [0.29, 0.717) is 5.56 Å². The Balaban J connectivity index is 1.76. The maximum atomic E-state index is 12.5. The number of hydrogen-bond acceptors (Lipinski definition) is 4. The summed E-state index contributed by atoms with van der Waals surface area (Å²) in [5, 5.41) is 5.99. The summed E-state index contributed by atoms with van der Waals surface area (Å²) in [5.74, 6) is -0.179. The molecule has 3 nitrogen and oxygen atoms in total. The second-order valence-corrected chi connectivity index (χ2v) is 7.59. The highest BCUT2D eigenvalue weighted by Gasteiger charge is 2.16. The highest BCUT2D eigenvalue weighted by atomic mass is 32.1. The minimum absolute atomic E-state index is 0.179. The molecule has 1 N–H and O–H groups in total. The number of hydrazone groups is 1. The molecular weight excluding hydrogens is 336 g/mol. The Morgan fingerprint density at radius 2 is 2.00 bits per heavy atom. The summed E-state index contributed by atoms with van der Waals surface area (Å²) in [5.41, 5.74) is 5.35. The molecular formula is C19H18N2OS2. The quantitative estimate of drug-likeness (QED) is 0.502. The average molecular weight is 354 g/mol. The maximum Gasteiger partial charge on any atom is 0.272 e. The van der Waals surface area contributed by atoms with E-state index in [-0.39, 0.29) is 5.91 Å². The summed E-state index contributed by atoms with van der Waals surface area (Å²) in [6.07, 6.45) is 2.71. The van der Waals surface area contributed by atoms with Gasteiger partial charge in [-0.25, -0.2) is 5.43 Å². The van der Waals surface area contributed by atoms with E-state index in [1.165, 1.54) is 4.88 Å². The topological polar surface area (TPSA) is 41.5 Å². The molecule has 122 valence electrons. The summed E-state index contributed by atoms with van der Waals surface area (Å²) in [6, 6.07) is 14.1. The second kappa shape index (κ2) is 7.55. The Morgan fingerprint density at radius 3 is 2.71 bits per heavy atom. The number of nitrogens with one attached hydrogen (secondary N) is 1. The Morgan fingerprint density at radius 1 is 1.21 bits per heavy atom. The van der Waals surface area contributed by atoms with Gasteiger partial charge in [-0.3, -0.25) is 4.79 Å². The zero-order valence-corrected chi connectivity index (χ0v) is 15.2. The summed E-state index contributed by atoms with van der Waals surface area (Å²) in [7, 11) is 0. The van der Waals surface area contributed by atoms with Crippen molar-refractivity contribution in [2.24, 2.45) is 5.10 Å². The first kappa shape index (κ1) is 16.6. The van der Waals surface area contributed by atoms with Crippen molar-refractivity contribution in [2.45, 2.75) is 20.3 Å². The van der Waals surface area contributed by atoms with Gasteiger partial charge in [-0.05, 0) is 31.0 Å². The van der Waals surface area contributed by atoms with Gasteiger partial charge in [-0.15, -0.1) is 22.7 Å². The van der Waals surface area contributed by atoms with E-state index in [9.17, 15) is 4.79 Å². The molecule has 1 aromatic carbocycles. The maximum absolute atomic E-state index is 12.5. The Kier molecular flexibility index (Phi) is 5.23. The highest BCUT2D eigenvalue weighted by Crippen LogP contribution is 2.32. The van der Waals surface area contributed by atoms with Crippen LogP contribution in [0.3, 0.4) is 0 Å². The molecule has 0 spiro atoms. The average Bonchev–Trinajstić information content (AvgIpc) is 3.22. The summed E-state index contributed by atoms with van der Waals surface area (Å²) in [6.45, 7) is 4.16. The normalized spacial score (nSPS) is 11.1. The first-order valence-corrected chi connectivity index (χ1v) is 9.44. The van der Waals surface area contributed by atoms with E-state index in [2.05, 4.69) is 23.5 Å². The fraction of sp³-hybridized carbons (Fsp3) is 0.158. The lowest BCUT2D eigenvalue weighted by Crippen LogP contribution is -2.17. The molecule has 0 saturated carbocycles. The van der Waals surface area contributed by atoms with Gasteiger partial charge < -0.3 is 0 Å². The molecule has 0 aliphatic heterocycles. The molecule has 5 heteroatoms. The zero-order valence-electron chi connectivity index (χ0n) is 13.6. The van der Waals surface area contributed by atoms with Crippen molar-refractivity contribution in [3.63, 3.8) is 0 Å². The van der Waals surface area contributed by atoms with Crippen LogP contribution in [0.1, 0.15) is 31.9 Å². The van der Waals surface area contributed by atoms with Gasteiger partial charge in [-0.2, -0.15) is 5.10 Å². The van der Waals surface area contributed by atoms with Gasteiger partial charge in [-0.1, -0.05) is 37.3 Å². The standard InChI is InChI=1S/C19H18N2OS2/c1-3-15-9-10-16(24-15)11-20-21-19(22)17-12-23-13(2)18(17)14-7-5-4-6-8-14/h4-12H,3H2,1-2H3,(H,21,22)/b20-11+. The molecule has 24 heavy (non-hydrogen) atoms. The van der Waals surface area contributed by atoms with Crippen molar-refractivity contribution in [1.82, 2.24) is 5.43 Å². The first-order valence-electron chi connectivity index (χ1n) is 7.74. The number of carbonyl (C=O) groups excluding carboxylic acids is 1. The summed E-state index contributed by atoms with van der Waals surface area (Å²) < 4.78 is 0. The Bertz CT molecular complexity index is 863. The van der Waals surface area contributed by atoms with Crippen LogP contribution in [-0.4, -0.2) is 12.1 Å². The lowest BCUT2D eigenvalue weighted by atomic mass is 10.0. The molecule has 0 fully saturated rings. The van der Waals surface area contributed by atoms with E-state index in [1.807, 2.05) is 48.7 Å². The molecule has 3 rings (SSSR count). The van der Waals surface area contributed by atoms with Gasteiger partial charge in [0.25, 0.3) is 5.91 Å². The molecule has 0 atom stereocenters. The largest absolute Gasteiger partial charge is 0.272 e. The van der Waals surface area contributed by atoms with Gasteiger partial charge in [0.2, 0.25) is 0 Å². The lowest BCUT2D eigenvalue weighted by Gasteiger charge is -2.05. The fourth-order valence-electron chi connectivity index (χ4n) is 2.45. The molecule has 2 heterocycles. The molecule has 0 unspecified atom stereocenters. The third-order valence-electron chi connectivity index (χ3n) is 3.67. The number of hydrogen-bond donors (Lipinski definition) is 1. The van der Waals surface area contributed by atoms with Gasteiger partial charge in [0.15, 0.2) is 0 Å². The lowest BCUT2D eigenvalue weighted by molar-refractivity contribution is 0.0956. The Hall–Kier alpha value is -2.24. The monoisotopic (exact) mass is 354 g/mol. The van der Waals surface area contributed by atoms with Crippen LogP contribution in [0.15, 0.2) is 52.9 Å². The van der Waals surface area contributed by atoms with E-state index >= 15 is 0 Å². The molecule has 3 aromatic rings. The van der Waals surface area contributed by atoms with Crippen LogP contribution in [0.4, 0.5) is 0 Å². The summed E-state index contributed by atoms with van der Waals surface area (Å²) >= 11 is 3.27. The van der Waals surface area contributed by atoms with Crippen LogP contribution < -0.4 is 5.43 Å². The second-order valence-electron chi connectivity index (χ2n) is 5.30. The predicted octanol–water partition coefficient (Wildman–Crippen LogP) is 5.11. The minimum atomic E-state index is -0.179.